The summed E-state index contributed by atoms with van der Waals surface area (Å²) in [6, 6.07) is 4.06. The van der Waals surface area contributed by atoms with E-state index in [2.05, 4.69) is 15.3 Å². The molecule has 0 saturated carbocycles. The topological polar surface area (TPSA) is 75.9 Å². The zero-order valence-corrected chi connectivity index (χ0v) is 10.9. The molecule has 0 fully saturated rings. The van der Waals surface area contributed by atoms with Gasteiger partial charge in [-0.15, -0.1) is 0 Å². The van der Waals surface area contributed by atoms with Crippen LogP contribution in [0.1, 0.15) is 5.69 Å². The number of rotatable bonds is 3. The second-order valence-electron chi connectivity index (χ2n) is 3.85. The van der Waals surface area contributed by atoms with Crippen molar-refractivity contribution in [2.24, 2.45) is 5.84 Å². The Morgan fingerprint density at radius 3 is 2.43 bits per heavy atom. The summed E-state index contributed by atoms with van der Waals surface area (Å²) in [4.78, 5) is 6.91. The van der Waals surface area contributed by atoms with E-state index in [0.29, 0.717) is 6.07 Å². The summed E-state index contributed by atoms with van der Waals surface area (Å²) in [5, 5.41) is 2.53. The molecule has 0 aliphatic heterocycles. The van der Waals surface area contributed by atoms with Crippen LogP contribution < -0.4 is 16.6 Å². The SMILES string of the molecule is NNc1nc(Nc2ccc(F)cc2Cl)cc(C(F)(F)F)n1. The molecule has 1 heterocycles. The first-order chi connectivity index (χ1) is 9.79. The molecule has 10 heteroatoms. The van der Waals surface area contributed by atoms with E-state index in [1.807, 2.05) is 5.43 Å². The average Bonchev–Trinajstić information content (AvgIpc) is 2.40. The van der Waals surface area contributed by atoms with Crippen molar-refractivity contribution in [2.75, 3.05) is 10.7 Å². The monoisotopic (exact) mass is 321 g/mol. The van der Waals surface area contributed by atoms with Gasteiger partial charge in [-0.25, -0.2) is 15.2 Å². The summed E-state index contributed by atoms with van der Waals surface area (Å²) in [5.74, 6) is 3.83. The smallest absolute Gasteiger partial charge is 0.339 e. The van der Waals surface area contributed by atoms with Gasteiger partial charge < -0.3 is 5.32 Å². The molecule has 1 aromatic carbocycles. The minimum absolute atomic E-state index is 0.00979. The zero-order valence-electron chi connectivity index (χ0n) is 10.2. The highest BCUT2D eigenvalue weighted by Gasteiger charge is 2.33. The summed E-state index contributed by atoms with van der Waals surface area (Å²) in [6.45, 7) is 0. The Kier molecular flexibility index (Phi) is 4.14. The van der Waals surface area contributed by atoms with Gasteiger partial charge in [-0.3, -0.25) is 5.43 Å². The molecule has 0 aliphatic rings. The fourth-order valence-corrected chi connectivity index (χ4v) is 1.66. The van der Waals surface area contributed by atoms with Crippen molar-refractivity contribution in [3.05, 3.63) is 40.8 Å². The van der Waals surface area contributed by atoms with Crippen molar-refractivity contribution in [2.45, 2.75) is 6.18 Å². The first-order valence-electron chi connectivity index (χ1n) is 5.44. The standard InChI is InChI=1S/C11H8ClF4N5/c12-6-3-5(13)1-2-7(6)18-9-4-8(11(14,15)16)19-10(20-9)21-17/h1-4H,17H2,(H2,18,19,20,21). The lowest BCUT2D eigenvalue weighted by atomic mass is 10.3. The lowest BCUT2D eigenvalue weighted by molar-refractivity contribution is -0.141. The fraction of sp³-hybridized carbons (Fsp3) is 0.0909. The molecule has 2 aromatic rings. The molecule has 0 spiro atoms. The van der Waals surface area contributed by atoms with E-state index in [1.165, 1.54) is 6.07 Å². The number of nitrogens with two attached hydrogens (primary N) is 1. The molecule has 0 aliphatic carbocycles. The van der Waals surface area contributed by atoms with E-state index >= 15 is 0 Å². The van der Waals surface area contributed by atoms with Crippen LogP contribution in [0.25, 0.3) is 0 Å². The molecule has 0 atom stereocenters. The summed E-state index contributed by atoms with van der Waals surface area (Å²) in [7, 11) is 0. The van der Waals surface area contributed by atoms with E-state index < -0.39 is 23.6 Å². The number of hydrogen-bond donors (Lipinski definition) is 3. The van der Waals surface area contributed by atoms with Gasteiger partial charge in [-0.05, 0) is 18.2 Å². The Balaban J connectivity index is 2.39. The number of nitrogens with one attached hydrogen (secondary N) is 2. The second kappa shape index (κ2) is 5.70. The Labute approximate surface area is 121 Å². The van der Waals surface area contributed by atoms with Gasteiger partial charge in [0.25, 0.3) is 0 Å². The van der Waals surface area contributed by atoms with Crippen LogP contribution in [0.5, 0.6) is 0 Å². The summed E-state index contributed by atoms with van der Waals surface area (Å²) in [5.41, 5.74) is 0.933. The van der Waals surface area contributed by atoms with Crippen molar-refractivity contribution < 1.29 is 17.6 Å². The van der Waals surface area contributed by atoms with Crippen molar-refractivity contribution >= 4 is 29.1 Å². The van der Waals surface area contributed by atoms with Gasteiger partial charge in [-0.2, -0.15) is 18.2 Å². The van der Waals surface area contributed by atoms with Gasteiger partial charge in [0, 0.05) is 6.07 Å². The highest BCUT2D eigenvalue weighted by Crippen LogP contribution is 2.31. The van der Waals surface area contributed by atoms with Crippen LogP contribution in [0.15, 0.2) is 24.3 Å². The molecule has 0 bridgehead atoms. The van der Waals surface area contributed by atoms with Crippen LogP contribution in [-0.2, 0) is 6.18 Å². The van der Waals surface area contributed by atoms with E-state index in [-0.39, 0.29) is 16.5 Å². The van der Waals surface area contributed by atoms with Gasteiger partial charge >= 0.3 is 6.18 Å². The van der Waals surface area contributed by atoms with Crippen LogP contribution in [0.4, 0.5) is 35.0 Å². The summed E-state index contributed by atoms with van der Waals surface area (Å²) >= 11 is 5.77. The Morgan fingerprint density at radius 1 is 1.14 bits per heavy atom. The molecule has 112 valence electrons. The maximum atomic E-state index is 12.9. The van der Waals surface area contributed by atoms with Gasteiger partial charge in [-0.1, -0.05) is 11.6 Å². The molecule has 0 amide bonds. The quantitative estimate of drug-likeness (QED) is 0.459. The van der Waals surface area contributed by atoms with Crippen LogP contribution in [0.3, 0.4) is 0 Å². The number of hydrogen-bond acceptors (Lipinski definition) is 5. The van der Waals surface area contributed by atoms with Crippen LogP contribution in [0.2, 0.25) is 5.02 Å². The highest BCUT2D eigenvalue weighted by molar-refractivity contribution is 6.33. The Bertz CT molecular complexity index is 662. The minimum Gasteiger partial charge on any atom is -0.339 e. The zero-order chi connectivity index (χ0) is 15.6. The molecule has 0 radical (unpaired) electrons. The molecule has 21 heavy (non-hydrogen) atoms. The summed E-state index contributed by atoms with van der Waals surface area (Å²) < 4.78 is 51.0. The van der Waals surface area contributed by atoms with Crippen LogP contribution >= 0.6 is 11.6 Å². The number of halogens is 5. The van der Waals surface area contributed by atoms with E-state index in [9.17, 15) is 17.6 Å². The lowest BCUT2D eigenvalue weighted by Gasteiger charge is -2.12. The van der Waals surface area contributed by atoms with Crippen molar-refractivity contribution in [3.8, 4) is 0 Å². The van der Waals surface area contributed by atoms with Crippen molar-refractivity contribution in [1.82, 2.24) is 9.97 Å². The molecule has 1 aromatic heterocycles. The molecular formula is C11H8ClF4N5. The average molecular weight is 322 g/mol. The third-order valence-corrected chi connectivity index (χ3v) is 2.65. The number of aromatic nitrogens is 2. The van der Waals surface area contributed by atoms with Crippen molar-refractivity contribution in [3.63, 3.8) is 0 Å². The predicted octanol–water partition coefficient (Wildman–Crippen LogP) is 3.32. The summed E-state index contributed by atoms with van der Waals surface area (Å²) in [6.07, 6.45) is -4.67. The Hall–Kier alpha value is -2.13. The van der Waals surface area contributed by atoms with E-state index in [4.69, 9.17) is 17.4 Å². The molecule has 5 nitrogen and oxygen atoms in total. The fourth-order valence-electron chi connectivity index (χ4n) is 1.45. The van der Waals surface area contributed by atoms with Gasteiger partial charge in [0.1, 0.15) is 11.6 Å². The van der Waals surface area contributed by atoms with E-state index in [1.54, 1.807) is 0 Å². The Morgan fingerprint density at radius 2 is 1.86 bits per heavy atom. The van der Waals surface area contributed by atoms with Crippen molar-refractivity contribution in [1.29, 1.82) is 0 Å². The third kappa shape index (κ3) is 3.70. The molecule has 0 saturated heterocycles. The number of benzene rings is 1. The lowest BCUT2D eigenvalue weighted by Crippen LogP contribution is -2.16. The maximum Gasteiger partial charge on any atom is 0.433 e. The van der Waals surface area contributed by atoms with Crippen LogP contribution in [0, 0.1) is 5.82 Å². The highest BCUT2D eigenvalue weighted by atomic mass is 35.5. The largest absolute Gasteiger partial charge is 0.433 e. The first kappa shape index (κ1) is 15.3. The van der Waals surface area contributed by atoms with E-state index in [0.717, 1.165) is 12.1 Å². The molecule has 2 rings (SSSR count). The van der Waals surface area contributed by atoms with Gasteiger partial charge in [0.2, 0.25) is 5.95 Å². The number of anilines is 3. The predicted molar refractivity (Wildman–Crippen MR) is 69.5 cm³/mol. The second-order valence-corrected chi connectivity index (χ2v) is 4.26. The minimum atomic E-state index is -4.67. The molecule has 0 unspecified atom stereocenters. The number of nitrogens with zero attached hydrogens (tertiary/aromatic N) is 2. The normalized spacial score (nSPS) is 11.3. The molecular weight excluding hydrogens is 314 g/mol. The first-order valence-corrected chi connectivity index (χ1v) is 5.82. The van der Waals surface area contributed by atoms with Gasteiger partial charge in [0.15, 0.2) is 5.69 Å². The third-order valence-electron chi connectivity index (χ3n) is 2.34. The molecule has 4 N–H and O–H groups in total. The number of nitrogen functional groups attached to an aromatic ring is 1. The number of hydrazine groups is 1. The van der Waals surface area contributed by atoms with Crippen LogP contribution in [-0.4, -0.2) is 9.97 Å². The van der Waals surface area contributed by atoms with Gasteiger partial charge in [0.05, 0.1) is 10.7 Å². The maximum absolute atomic E-state index is 12.9. The number of alkyl halides is 3.